The van der Waals surface area contributed by atoms with E-state index in [0.717, 1.165) is 28.4 Å². The average molecular weight is 254 g/mol. The van der Waals surface area contributed by atoms with Crippen molar-refractivity contribution in [2.75, 3.05) is 0 Å². The number of hydrogen-bond donors (Lipinski definition) is 0. The minimum Gasteiger partial charge on any atom is -0.238 e. The highest BCUT2D eigenvalue weighted by Gasteiger charge is 2.11. The smallest absolute Gasteiger partial charge is 0.180 e. The minimum atomic E-state index is 0.521. The Bertz CT molecular complexity index is 522. The lowest BCUT2D eigenvalue weighted by molar-refractivity contribution is 0.971. The van der Waals surface area contributed by atoms with E-state index in [1.54, 1.807) is 11.3 Å². The molecule has 0 aliphatic carbocycles. The highest BCUT2D eigenvalue weighted by Crippen LogP contribution is 2.23. The van der Waals surface area contributed by atoms with Crippen LogP contribution in [0.2, 0.25) is 5.15 Å². The number of rotatable bonds is 2. The van der Waals surface area contributed by atoms with Crippen LogP contribution in [0.1, 0.15) is 23.2 Å². The third-order valence-corrected chi connectivity index (χ3v) is 3.51. The number of aryl methyl sites for hydroxylation is 2. The molecule has 0 fully saturated rings. The van der Waals surface area contributed by atoms with E-state index in [-0.39, 0.29) is 0 Å². The summed E-state index contributed by atoms with van der Waals surface area (Å²) in [6.45, 7) is 5.96. The Balaban J connectivity index is 2.54. The van der Waals surface area contributed by atoms with Gasteiger partial charge in [-0.25, -0.2) is 15.0 Å². The largest absolute Gasteiger partial charge is 0.238 e. The van der Waals surface area contributed by atoms with Gasteiger partial charge in [-0.3, -0.25) is 0 Å². The van der Waals surface area contributed by atoms with Crippen LogP contribution in [0.3, 0.4) is 0 Å². The monoisotopic (exact) mass is 253 g/mol. The Morgan fingerprint density at radius 3 is 2.56 bits per heavy atom. The van der Waals surface area contributed by atoms with Crippen LogP contribution in [-0.2, 0) is 6.42 Å². The van der Waals surface area contributed by atoms with Gasteiger partial charge in [0.05, 0.1) is 5.01 Å². The molecule has 0 saturated carbocycles. The first-order valence-corrected chi connectivity index (χ1v) is 6.33. The zero-order chi connectivity index (χ0) is 11.7. The molecule has 0 aromatic carbocycles. The van der Waals surface area contributed by atoms with E-state index in [2.05, 4.69) is 21.9 Å². The van der Waals surface area contributed by atoms with E-state index >= 15 is 0 Å². The summed E-state index contributed by atoms with van der Waals surface area (Å²) in [6.07, 6.45) is 0.851. The molecule has 0 unspecified atom stereocenters. The topological polar surface area (TPSA) is 38.7 Å². The molecule has 0 atom stereocenters. The Hall–Kier alpha value is -1.00. The number of halogens is 1. The van der Waals surface area contributed by atoms with Crippen molar-refractivity contribution in [3.05, 3.63) is 26.8 Å². The van der Waals surface area contributed by atoms with E-state index in [1.807, 2.05) is 19.2 Å². The van der Waals surface area contributed by atoms with Crippen molar-refractivity contribution in [1.29, 1.82) is 0 Å². The van der Waals surface area contributed by atoms with Crippen molar-refractivity contribution >= 4 is 22.9 Å². The summed E-state index contributed by atoms with van der Waals surface area (Å²) >= 11 is 7.67. The Morgan fingerprint density at radius 1 is 1.25 bits per heavy atom. The minimum absolute atomic E-state index is 0.521. The van der Waals surface area contributed by atoms with Crippen LogP contribution >= 0.6 is 22.9 Å². The lowest BCUT2D eigenvalue weighted by atomic mass is 10.2. The standard InChI is InChI=1S/C11H12ClN3S/c1-4-8-6(2)10(12)15-11(14-8)9-5-16-7(3)13-9/h5H,4H2,1-3H3. The van der Waals surface area contributed by atoms with Crippen molar-refractivity contribution in [2.24, 2.45) is 0 Å². The van der Waals surface area contributed by atoms with E-state index in [0.29, 0.717) is 11.0 Å². The second kappa shape index (κ2) is 4.47. The SMILES string of the molecule is CCc1nc(-c2csc(C)n2)nc(Cl)c1C. The lowest BCUT2D eigenvalue weighted by Gasteiger charge is -2.05. The van der Waals surface area contributed by atoms with Gasteiger partial charge in [-0.2, -0.15) is 0 Å². The number of aromatic nitrogens is 3. The molecule has 0 aliphatic rings. The lowest BCUT2D eigenvalue weighted by Crippen LogP contribution is -1.99. The summed E-state index contributed by atoms with van der Waals surface area (Å²) < 4.78 is 0. The van der Waals surface area contributed by atoms with Crippen molar-refractivity contribution in [2.45, 2.75) is 27.2 Å². The molecular weight excluding hydrogens is 242 g/mol. The van der Waals surface area contributed by atoms with E-state index in [9.17, 15) is 0 Å². The first kappa shape index (κ1) is 11.5. The van der Waals surface area contributed by atoms with Gasteiger partial charge < -0.3 is 0 Å². The highest BCUT2D eigenvalue weighted by atomic mass is 35.5. The number of thiazole rings is 1. The first-order valence-electron chi connectivity index (χ1n) is 5.07. The summed E-state index contributed by atoms with van der Waals surface area (Å²) in [6, 6.07) is 0. The maximum Gasteiger partial charge on any atom is 0.180 e. The Kier molecular flexibility index (Phi) is 3.21. The molecule has 84 valence electrons. The van der Waals surface area contributed by atoms with E-state index in [4.69, 9.17) is 11.6 Å². The van der Waals surface area contributed by atoms with Crippen LogP contribution in [0.15, 0.2) is 5.38 Å². The van der Waals surface area contributed by atoms with Crippen LogP contribution in [0.25, 0.3) is 11.5 Å². The molecule has 2 rings (SSSR count). The summed E-state index contributed by atoms with van der Waals surface area (Å²) in [5, 5.41) is 3.48. The molecule has 0 amide bonds. The van der Waals surface area contributed by atoms with Crippen LogP contribution in [-0.4, -0.2) is 15.0 Å². The average Bonchev–Trinajstić information content (AvgIpc) is 2.69. The summed E-state index contributed by atoms with van der Waals surface area (Å²) in [4.78, 5) is 13.1. The maximum absolute atomic E-state index is 6.08. The van der Waals surface area contributed by atoms with Gasteiger partial charge in [0.1, 0.15) is 10.8 Å². The highest BCUT2D eigenvalue weighted by molar-refractivity contribution is 7.09. The Morgan fingerprint density at radius 2 is 2.00 bits per heavy atom. The molecule has 0 bridgehead atoms. The van der Waals surface area contributed by atoms with Gasteiger partial charge in [-0.05, 0) is 20.3 Å². The summed E-state index contributed by atoms with van der Waals surface area (Å²) in [5.41, 5.74) is 2.75. The quantitative estimate of drug-likeness (QED) is 0.770. The number of hydrogen-bond acceptors (Lipinski definition) is 4. The van der Waals surface area contributed by atoms with Gasteiger partial charge in [0.2, 0.25) is 0 Å². The molecule has 5 heteroatoms. The van der Waals surface area contributed by atoms with Crippen LogP contribution in [0.4, 0.5) is 0 Å². The summed E-state index contributed by atoms with van der Waals surface area (Å²) in [5.74, 6) is 0.622. The Labute approximate surface area is 104 Å². The molecule has 0 N–H and O–H groups in total. The van der Waals surface area contributed by atoms with Gasteiger partial charge in [0.25, 0.3) is 0 Å². The number of nitrogens with zero attached hydrogens (tertiary/aromatic N) is 3. The molecule has 2 heterocycles. The molecule has 16 heavy (non-hydrogen) atoms. The van der Waals surface area contributed by atoms with Gasteiger partial charge in [0, 0.05) is 16.6 Å². The normalized spacial score (nSPS) is 10.8. The second-order valence-electron chi connectivity index (χ2n) is 3.52. The fraction of sp³-hybridized carbons (Fsp3) is 0.364. The third kappa shape index (κ3) is 2.08. The maximum atomic E-state index is 6.08. The molecule has 2 aromatic heterocycles. The van der Waals surface area contributed by atoms with Gasteiger partial charge in [0.15, 0.2) is 5.82 Å². The van der Waals surface area contributed by atoms with Crippen molar-refractivity contribution < 1.29 is 0 Å². The van der Waals surface area contributed by atoms with Gasteiger partial charge in [-0.1, -0.05) is 18.5 Å². The van der Waals surface area contributed by atoms with E-state index in [1.165, 1.54) is 0 Å². The molecule has 0 spiro atoms. The first-order chi connectivity index (χ1) is 7.61. The van der Waals surface area contributed by atoms with Crippen molar-refractivity contribution in [3.63, 3.8) is 0 Å². The fourth-order valence-corrected chi connectivity index (χ4v) is 2.24. The molecule has 2 aromatic rings. The van der Waals surface area contributed by atoms with Gasteiger partial charge in [-0.15, -0.1) is 11.3 Å². The van der Waals surface area contributed by atoms with Gasteiger partial charge >= 0.3 is 0 Å². The zero-order valence-corrected chi connectivity index (χ0v) is 11.0. The molecular formula is C11H12ClN3S. The van der Waals surface area contributed by atoms with Crippen molar-refractivity contribution in [3.8, 4) is 11.5 Å². The van der Waals surface area contributed by atoms with Crippen LogP contribution in [0.5, 0.6) is 0 Å². The molecule has 0 saturated heterocycles. The molecule has 0 aliphatic heterocycles. The predicted octanol–water partition coefficient (Wildman–Crippen LogP) is 3.43. The van der Waals surface area contributed by atoms with E-state index < -0.39 is 0 Å². The molecule has 3 nitrogen and oxygen atoms in total. The fourth-order valence-electron chi connectivity index (χ4n) is 1.46. The second-order valence-corrected chi connectivity index (χ2v) is 4.94. The zero-order valence-electron chi connectivity index (χ0n) is 9.41. The summed E-state index contributed by atoms with van der Waals surface area (Å²) in [7, 11) is 0. The van der Waals surface area contributed by atoms with Crippen LogP contribution in [0, 0.1) is 13.8 Å². The molecule has 0 radical (unpaired) electrons. The predicted molar refractivity (Wildman–Crippen MR) is 67.0 cm³/mol. The van der Waals surface area contributed by atoms with Crippen LogP contribution < -0.4 is 0 Å². The third-order valence-electron chi connectivity index (χ3n) is 2.37. The van der Waals surface area contributed by atoms with Crippen molar-refractivity contribution in [1.82, 2.24) is 15.0 Å².